The number of aromatic nitrogens is 4. The van der Waals surface area contributed by atoms with E-state index in [1.165, 1.54) is 0 Å². The molecule has 2 aromatic rings. The van der Waals surface area contributed by atoms with Gasteiger partial charge in [-0.15, -0.1) is 5.10 Å². The maximum absolute atomic E-state index is 11.6. The largest absolute Gasteiger partial charge is 0.373 e. The monoisotopic (exact) mass is 277 g/mol. The standard InChI is InChI=1S/C12H15N5OS/c1-13-10-5-2-8(6-14-10)7-19-12-16-15-11(18)17(12)9-3-4-9/h2,5-6,9H,3-4,7H2,1H3,(H,13,14)(H,15,18). The first-order chi connectivity index (χ1) is 9.28. The summed E-state index contributed by atoms with van der Waals surface area (Å²) in [7, 11) is 1.84. The minimum Gasteiger partial charge on any atom is -0.373 e. The Morgan fingerprint density at radius 2 is 2.37 bits per heavy atom. The van der Waals surface area contributed by atoms with Gasteiger partial charge < -0.3 is 5.32 Å². The Morgan fingerprint density at radius 1 is 1.53 bits per heavy atom. The van der Waals surface area contributed by atoms with Crippen molar-refractivity contribution < 1.29 is 0 Å². The fourth-order valence-corrected chi connectivity index (χ4v) is 2.80. The predicted molar refractivity (Wildman–Crippen MR) is 74.5 cm³/mol. The summed E-state index contributed by atoms with van der Waals surface area (Å²) in [5, 5.41) is 10.4. The molecule has 6 nitrogen and oxygen atoms in total. The molecule has 0 saturated heterocycles. The third-order valence-electron chi connectivity index (χ3n) is 3.03. The lowest BCUT2D eigenvalue weighted by Gasteiger charge is -2.04. The number of pyridine rings is 1. The summed E-state index contributed by atoms with van der Waals surface area (Å²) < 4.78 is 1.76. The van der Waals surface area contributed by atoms with Crippen molar-refractivity contribution in [3.05, 3.63) is 34.4 Å². The first-order valence-corrected chi connectivity index (χ1v) is 7.19. The molecule has 3 rings (SSSR count). The molecule has 0 amide bonds. The zero-order chi connectivity index (χ0) is 13.2. The van der Waals surface area contributed by atoms with Crippen LogP contribution in [-0.4, -0.2) is 26.8 Å². The van der Waals surface area contributed by atoms with Gasteiger partial charge in [0.05, 0.1) is 0 Å². The maximum atomic E-state index is 11.6. The quantitative estimate of drug-likeness (QED) is 0.813. The molecule has 0 radical (unpaired) electrons. The van der Waals surface area contributed by atoms with Crippen molar-refractivity contribution in [2.24, 2.45) is 0 Å². The molecule has 2 heterocycles. The first kappa shape index (κ1) is 12.3. The van der Waals surface area contributed by atoms with E-state index in [0.717, 1.165) is 35.1 Å². The van der Waals surface area contributed by atoms with Gasteiger partial charge in [-0.3, -0.25) is 4.57 Å². The van der Waals surface area contributed by atoms with Crippen LogP contribution in [0.15, 0.2) is 28.3 Å². The highest BCUT2D eigenvalue weighted by Crippen LogP contribution is 2.36. The zero-order valence-corrected chi connectivity index (χ0v) is 11.4. The van der Waals surface area contributed by atoms with Crippen LogP contribution in [0.3, 0.4) is 0 Å². The molecule has 0 bridgehead atoms. The summed E-state index contributed by atoms with van der Waals surface area (Å²) in [6.45, 7) is 0. The van der Waals surface area contributed by atoms with E-state index in [-0.39, 0.29) is 5.69 Å². The van der Waals surface area contributed by atoms with Crippen LogP contribution in [0.5, 0.6) is 0 Å². The topological polar surface area (TPSA) is 75.6 Å². The van der Waals surface area contributed by atoms with Gasteiger partial charge in [0.1, 0.15) is 5.82 Å². The molecule has 0 atom stereocenters. The second-order valence-electron chi connectivity index (χ2n) is 4.50. The van der Waals surface area contributed by atoms with E-state index in [9.17, 15) is 4.79 Å². The van der Waals surface area contributed by atoms with E-state index in [2.05, 4.69) is 20.5 Å². The van der Waals surface area contributed by atoms with Crippen molar-refractivity contribution in [1.29, 1.82) is 0 Å². The minimum atomic E-state index is -0.103. The highest BCUT2D eigenvalue weighted by molar-refractivity contribution is 7.98. The van der Waals surface area contributed by atoms with Crippen molar-refractivity contribution in [3.63, 3.8) is 0 Å². The fraction of sp³-hybridized carbons (Fsp3) is 0.417. The highest BCUT2D eigenvalue weighted by Gasteiger charge is 2.28. The minimum absolute atomic E-state index is 0.103. The molecule has 0 spiro atoms. The van der Waals surface area contributed by atoms with Crippen molar-refractivity contribution in [2.75, 3.05) is 12.4 Å². The zero-order valence-electron chi connectivity index (χ0n) is 10.6. The molecule has 1 fully saturated rings. The molecular formula is C12H15N5OS. The molecule has 1 aliphatic rings. The van der Waals surface area contributed by atoms with Crippen LogP contribution in [0.4, 0.5) is 5.82 Å². The summed E-state index contributed by atoms with van der Waals surface area (Å²) in [6, 6.07) is 4.31. The van der Waals surface area contributed by atoms with Crippen molar-refractivity contribution >= 4 is 17.6 Å². The summed E-state index contributed by atoms with van der Waals surface area (Å²) in [5.74, 6) is 1.61. The van der Waals surface area contributed by atoms with E-state index in [1.807, 2.05) is 25.4 Å². The Balaban J connectivity index is 1.70. The second-order valence-corrected chi connectivity index (χ2v) is 5.45. The molecule has 2 aromatic heterocycles. The van der Waals surface area contributed by atoms with Gasteiger partial charge in [-0.25, -0.2) is 14.9 Å². The molecule has 7 heteroatoms. The van der Waals surface area contributed by atoms with E-state index >= 15 is 0 Å². The van der Waals surface area contributed by atoms with Crippen LogP contribution in [0.1, 0.15) is 24.4 Å². The normalized spacial score (nSPS) is 14.6. The lowest BCUT2D eigenvalue weighted by atomic mass is 10.3. The number of nitrogens with zero attached hydrogens (tertiary/aromatic N) is 3. The predicted octanol–water partition coefficient (Wildman–Crippen LogP) is 1.64. The van der Waals surface area contributed by atoms with Crippen LogP contribution >= 0.6 is 11.8 Å². The molecule has 19 heavy (non-hydrogen) atoms. The molecule has 100 valence electrons. The van der Waals surface area contributed by atoms with Crippen molar-refractivity contribution in [3.8, 4) is 0 Å². The van der Waals surface area contributed by atoms with E-state index < -0.39 is 0 Å². The number of hydrogen-bond donors (Lipinski definition) is 2. The van der Waals surface area contributed by atoms with Gasteiger partial charge in [-0.05, 0) is 24.5 Å². The molecule has 2 N–H and O–H groups in total. The number of nitrogens with one attached hydrogen (secondary N) is 2. The van der Waals surface area contributed by atoms with Gasteiger partial charge in [-0.2, -0.15) is 0 Å². The van der Waals surface area contributed by atoms with Gasteiger partial charge in [-0.1, -0.05) is 17.8 Å². The Hall–Kier alpha value is -1.76. The number of hydrogen-bond acceptors (Lipinski definition) is 5. The molecule has 1 saturated carbocycles. The SMILES string of the molecule is CNc1ccc(CSc2n[nH]c(=O)n2C2CC2)cn1. The lowest BCUT2D eigenvalue weighted by Crippen LogP contribution is -2.16. The average molecular weight is 277 g/mol. The van der Waals surface area contributed by atoms with Gasteiger partial charge >= 0.3 is 5.69 Å². The van der Waals surface area contributed by atoms with E-state index in [1.54, 1.807) is 16.3 Å². The van der Waals surface area contributed by atoms with Crippen LogP contribution < -0.4 is 11.0 Å². The third kappa shape index (κ3) is 2.65. The van der Waals surface area contributed by atoms with Gasteiger partial charge in [0.25, 0.3) is 0 Å². The smallest absolute Gasteiger partial charge is 0.344 e. The van der Waals surface area contributed by atoms with Crippen LogP contribution in [0, 0.1) is 0 Å². The fourth-order valence-electron chi connectivity index (χ4n) is 1.85. The van der Waals surface area contributed by atoms with Crippen molar-refractivity contribution in [2.45, 2.75) is 29.8 Å². The number of aromatic amines is 1. The first-order valence-electron chi connectivity index (χ1n) is 6.20. The Labute approximate surface area is 114 Å². The van der Waals surface area contributed by atoms with Crippen LogP contribution in [0.25, 0.3) is 0 Å². The third-order valence-corrected chi connectivity index (χ3v) is 4.06. The number of H-pyrrole nitrogens is 1. The number of rotatable bonds is 5. The molecule has 1 aliphatic carbocycles. The molecular weight excluding hydrogens is 262 g/mol. The van der Waals surface area contributed by atoms with Gasteiger partial charge in [0.15, 0.2) is 5.16 Å². The second kappa shape index (κ2) is 5.08. The summed E-state index contributed by atoms with van der Waals surface area (Å²) in [4.78, 5) is 15.9. The van der Waals surface area contributed by atoms with Crippen LogP contribution in [0.2, 0.25) is 0 Å². The number of anilines is 1. The van der Waals surface area contributed by atoms with Crippen molar-refractivity contribution in [1.82, 2.24) is 19.7 Å². The lowest BCUT2D eigenvalue weighted by molar-refractivity contribution is 0.642. The molecule has 0 aromatic carbocycles. The molecule has 0 aliphatic heterocycles. The molecule has 0 unspecified atom stereocenters. The van der Waals surface area contributed by atoms with Gasteiger partial charge in [0.2, 0.25) is 0 Å². The van der Waals surface area contributed by atoms with Gasteiger partial charge in [0, 0.05) is 25.0 Å². The average Bonchev–Trinajstić information content (AvgIpc) is 3.21. The number of thioether (sulfide) groups is 1. The van der Waals surface area contributed by atoms with E-state index in [0.29, 0.717) is 6.04 Å². The summed E-state index contributed by atoms with van der Waals surface area (Å²) in [5.41, 5.74) is 1.01. The highest BCUT2D eigenvalue weighted by atomic mass is 32.2. The summed E-state index contributed by atoms with van der Waals surface area (Å²) in [6.07, 6.45) is 3.99. The summed E-state index contributed by atoms with van der Waals surface area (Å²) >= 11 is 1.56. The Kier molecular flexibility index (Phi) is 3.29. The van der Waals surface area contributed by atoms with E-state index in [4.69, 9.17) is 0 Å². The maximum Gasteiger partial charge on any atom is 0.344 e. The Bertz CT molecular complexity index is 614. The Morgan fingerprint density at radius 3 is 3.00 bits per heavy atom. The van der Waals surface area contributed by atoms with Crippen LogP contribution in [-0.2, 0) is 5.75 Å².